The molecular weight excluding hydrogens is 504 g/mol. The fraction of sp³-hybridized carbons (Fsp3) is 0.357. The molecule has 0 bridgehead atoms. The lowest BCUT2D eigenvalue weighted by Gasteiger charge is -2.28. The summed E-state index contributed by atoms with van der Waals surface area (Å²) in [6.45, 7) is 7.34. The Morgan fingerprint density at radius 3 is 1.73 bits per heavy atom. The number of aryl methyl sites for hydroxylation is 1. The average molecular weight is 543 g/mol. The molecule has 0 aromatic heterocycles. The molecule has 0 aliphatic rings. The van der Waals surface area contributed by atoms with Crippen molar-refractivity contribution in [2.24, 2.45) is 5.73 Å². The van der Waals surface area contributed by atoms with Crippen molar-refractivity contribution < 1.29 is 21.7 Å². The summed E-state index contributed by atoms with van der Waals surface area (Å²) in [4.78, 5) is 0.181. The maximum atomic E-state index is 13.4. The number of sulfonamides is 1. The highest BCUT2D eigenvalue weighted by atomic mass is 32.2. The van der Waals surface area contributed by atoms with Gasteiger partial charge in [0, 0.05) is 25.9 Å². The standard InChI is InChI=1S/C28H38N2O5SSi/c1-4-33-37(34-5-2,35-6-3)22-21-23-17-19-26(20-18-23)36(31,32)30-28(25-15-11-8-12-16-25)27(29)24-13-9-7-10-14-24/h7-20,27-28,30H,4-6,21-22,29H2,1-3H3/t27-,28-/m1/s1. The lowest BCUT2D eigenvalue weighted by atomic mass is 9.95. The second kappa shape index (κ2) is 14.0. The predicted molar refractivity (Wildman–Crippen MR) is 148 cm³/mol. The maximum Gasteiger partial charge on any atom is 0.501 e. The van der Waals surface area contributed by atoms with E-state index < -0.39 is 30.9 Å². The molecule has 2 atom stereocenters. The van der Waals surface area contributed by atoms with Gasteiger partial charge in [0.15, 0.2) is 0 Å². The summed E-state index contributed by atoms with van der Waals surface area (Å²) in [6, 6.07) is 25.2. The molecule has 0 heterocycles. The van der Waals surface area contributed by atoms with Gasteiger partial charge in [0.2, 0.25) is 10.0 Å². The summed E-state index contributed by atoms with van der Waals surface area (Å²) < 4.78 is 47.5. The van der Waals surface area contributed by atoms with Crippen LogP contribution in [0.1, 0.15) is 49.5 Å². The van der Waals surface area contributed by atoms with Gasteiger partial charge >= 0.3 is 8.80 Å². The van der Waals surface area contributed by atoms with E-state index in [-0.39, 0.29) is 4.90 Å². The molecule has 37 heavy (non-hydrogen) atoms. The lowest BCUT2D eigenvalue weighted by molar-refractivity contribution is 0.0714. The minimum atomic E-state index is -3.84. The molecule has 3 rings (SSSR count). The van der Waals surface area contributed by atoms with Crippen molar-refractivity contribution in [1.29, 1.82) is 0 Å². The summed E-state index contributed by atoms with van der Waals surface area (Å²) in [5, 5.41) is 0. The van der Waals surface area contributed by atoms with Crippen LogP contribution in [0.4, 0.5) is 0 Å². The second-order valence-electron chi connectivity index (χ2n) is 8.57. The molecule has 3 aromatic rings. The zero-order valence-electron chi connectivity index (χ0n) is 21.8. The minimum absolute atomic E-state index is 0.181. The summed E-state index contributed by atoms with van der Waals surface area (Å²) in [7, 11) is -6.62. The van der Waals surface area contributed by atoms with E-state index in [0.717, 1.165) is 16.7 Å². The zero-order valence-corrected chi connectivity index (χ0v) is 23.6. The van der Waals surface area contributed by atoms with Gasteiger partial charge in [-0.3, -0.25) is 0 Å². The molecule has 0 aliphatic heterocycles. The Balaban J connectivity index is 1.78. The topological polar surface area (TPSA) is 99.9 Å². The third-order valence-corrected chi connectivity index (χ3v) is 10.5. The van der Waals surface area contributed by atoms with Crippen molar-refractivity contribution >= 4 is 18.8 Å². The molecule has 200 valence electrons. The van der Waals surface area contributed by atoms with Crippen molar-refractivity contribution in [2.75, 3.05) is 19.8 Å². The van der Waals surface area contributed by atoms with E-state index in [1.54, 1.807) is 12.1 Å². The number of nitrogens with two attached hydrogens (primary N) is 1. The van der Waals surface area contributed by atoms with Gasteiger partial charge < -0.3 is 19.0 Å². The van der Waals surface area contributed by atoms with Gasteiger partial charge in [-0.15, -0.1) is 0 Å². The highest BCUT2D eigenvalue weighted by Gasteiger charge is 2.39. The molecule has 9 heteroatoms. The van der Waals surface area contributed by atoms with Crippen LogP contribution >= 0.6 is 0 Å². The van der Waals surface area contributed by atoms with Crippen molar-refractivity contribution in [1.82, 2.24) is 4.72 Å². The van der Waals surface area contributed by atoms with Crippen LogP contribution in [-0.4, -0.2) is 37.0 Å². The van der Waals surface area contributed by atoms with Crippen LogP contribution in [0.25, 0.3) is 0 Å². The van der Waals surface area contributed by atoms with Gasteiger partial charge in [0.05, 0.1) is 17.0 Å². The summed E-state index contributed by atoms with van der Waals surface area (Å²) >= 11 is 0. The second-order valence-corrected chi connectivity index (χ2v) is 13.0. The minimum Gasteiger partial charge on any atom is -0.374 e. The van der Waals surface area contributed by atoms with Crippen LogP contribution in [0.2, 0.25) is 6.04 Å². The summed E-state index contributed by atoms with van der Waals surface area (Å²) in [6.07, 6.45) is 0.658. The van der Waals surface area contributed by atoms with Gasteiger partial charge in [0.25, 0.3) is 0 Å². The summed E-state index contributed by atoms with van der Waals surface area (Å²) in [5.41, 5.74) is 9.20. The van der Waals surface area contributed by atoms with E-state index in [1.807, 2.05) is 93.6 Å². The number of rotatable bonds is 15. The third-order valence-electron chi connectivity index (χ3n) is 6.03. The van der Waals surface area contributed by atoms with E-state index in [4.69, 9.17) is 19.0 Å². The maximum absolute atomic E-state index is 13.4. The predicted octanol–water partition coefficient (Wildman–Crippen LogP) is 5.00. The van der Waals surface area contributed by atoms with Crippen LogP contribution in [0.3, 0.4) is 0 Å². The van der Waals surface area contributed by atoms with Crippen molar-refractivity contribution in [2.45, 2.75) is 50.2 Å². The molecule has 0 radical (unpaired) electrons. The summed E-state index contributed by atoms with van der Waals surface area (Å²) in [5.74, 6) is 0. The fourth-order valence-electron chi connectivity index (χ4n) is 4.25. The number of hydrogen-bond donors (Lipinski definition) is 2. The Kier molecular flexibility index (Phi) is 11.0. The van der Waals surface area contributed by atoms with Gasteiger partial charge in [-0.1, -0.05) is 72.8 Å². The quantitative estimate of drug-likeness (QED) is 0.262. The van der Waals surface area contributed by atoms with Crippen molar-refractivity contribution in [3.63, 3.8) is 0 Å². The van der Waals surface area contributed by atoms with E-state index >= 15 is 0 Å². The molecule has 3 N–H and O–H groups in total. The number of hydrogen-bond acceptors (Lipinski definition) is 6. The first kappa shape index (κ1) is 29.2. The average Bonchev–Trinajstić information content (AvgIpc) is 2.92. The molecule has 0 spiro atoms. The van der Waals surface area contributed by atoms with Crippen LogP contribution in [0.5, 0.6) is 0 Å². The Morgan fingerprint density at radius 2 is 1.24 bits per heavy atom. The van der Waals surface area contributed by atoms with Crippen LogP contribution in [0.15, 0.2) is 89.8 Å². The number of nitrogens with one attached hydrogen (secondary N) is 1. The van der Waals surface area contributed by atoms with Gasteiger partial charge in [0.1, 0.15) is 0 Å². The largest absolute Gasteiger partial charge is 0.501 e. The first-order valence-corrected chi connectivity index (χ1v) is 16.1. The first-order chi connectivity index (χ1) is 17.8. The lowest BCUT2D eigenvalue weighted by Crippen LogP contribution is -2.46. The van der Waals surface area contributed by atoms with E-state index in [1.165, 1.54) is 0 Å². The molecule has 0 amide bonds. The van der Waals surface area contributed by atoms with E-state index in [0.29, 0.717) is 32.3 Å². The fourth-order valence-corrected chi connectivity index (χ4v) is 8.09. The zero-order chi connectivity index (χ0) is 26.7. The van der Waals surface area contributed by atoms with Gasteiger partial charge in [-0.2, -0.15) is 0 Å². The Labute approximate surface area is 222 Å². The van der Waals surface area contributed by atoms with E-state index in [2.05, 4.69) is 4.72 Å². The molecule has 0 unspecified atom stereocenters. The monoisotopic (exact) mass is 542 g/mol. The third kappa shape index (κ3) is 8.05. The van der Waals surface area contributed by atoms with Crippen LogP contribution in [0, 0.1) is 0 Å². The number of benzene rings is 3. The molecule has 0 saturated carbocycles. The van der Waals surface area contributed by atoms with E-state index in [9.17, 15) is 8.42 Å². The first-order valence-electron chi connectivity index (χ1n) is 12.7. The van der Waals surface area contributed by atoms with Crippen molar-refractivity contribution in [3.8, 4) is 0 Å². The molecule has 0 fully saturated rings. The Morgan fingerprint density at radius 1 is 0.757 bits per heavy atom. The molecular formula is C28H38N2O5SSi. The molecule has 7 nitrogen and oxygen atoms in total. The smallest absolute Gasteiger partial charge is 0.374 e. The van der Waals surface area contributed by atoms with Crippen LogP contribution < -0.4 is 10.5 Å². The van der Waals surface area contributed by atoms with Crippen molar-refractivity contribution in [3.05, 3.63) is 102 Å². The van der Waals surface area contributed by atoms with Gasteiger partial charge in [-0.25, -0.2) is 13.1 Å². The van der Waals surface area contributed by atoms with Gasteiger partial charge in [-0.05, 0) is 56.0 Å². The Hall–Kier alpha value is -2.37. The highest BCUT2D eigenvalue weighted by molar-refractivity contribution is 7.89. The SMILES string of the molecule is CCO[Si](CCc1ccc(S(=O)(=O)N[C@H](c2ccccc2)[C@H](N)c2ccccc2)cc1)(OCC)OCC. The normalized spacial score (nSPS) is 13.8. The van der Waals surface area contributed by atoms with Crippen LogP contribution in [-0.2, 0) is 29.7 Å². The highest BCUT2D eigenvalue weighted by Crippen LogP contribution is 2.29. The molecule has 3 aromatic carbocycles. The Bertz CT molecular complexity index is 1160. The molecule has 0 saturated heterocycles. The molecule has 0 aliphatic carbocycles.